The smallest absolute Gasteiger partial charge is 0.418 e. The predicted octanol–water partition coefficient (Wildman–Crippen LogP) is 7.10. The molecule has 5 heterocycles. The molecule has 8 rings (SSSR count). The zero-order valence-electron chi connectivity index (χ0n) is 25.3. The quantitative estimate of drug-likeness (QED) is 0.233. The maximum absolute atomic E-state index is 16.8. The van der Waals surface area contributed by atoms with Crippen molar-refractivity contribution in [3.8, 4) is 23.1 Å². The number of nitrogens with zero attached hydrogens (tertiary/aromatic N) is 5. The van der Waals surface area contributed by atoms with Crippen LogP contribution in [0.4, 0.5) is 33.5 Å². The molecule has 3 aliphatic heterocycles. The lowest BCUT2D eigenvalue weighted by molar-refractivity contribution is -0.137. The van der Waals surface area contributed by atoms with Gasteiger partial charge in [-0.3, -0.25) is 4.90 Å². The Morgan fingerprint density at radius 1 is 1.09 bits per heavy atom. The van der Waals surface area contributed by atoms with Gasteiger partial charge in [0, 0.05) is 43.2 Å². The third-order valence-electron chi connectivity index (χ3n) is 11.1. The molecule has 246 valence electrons. The van der Waals surface area contributed by atoms with Crippen LogP contribution in [0.2, 0.25) is 5.02 Å². The number of rotatable bonds is 4. The van der Waals surface area contributed by atoms with Gasteiger partial charge in [-0.1, -0.05) is 11.6 Å². The van der Waals surface area contributed by atoms with Crippen molar-refractivity contribution in [2.24, 2.45) is 0 Å². The summed E-state index contributed by atoms with van der Waals surface area (Å²) in [7, 11) is 1.90. The summed E-state index contributed by atoms with van der Waals surface area (Å²) < 4.78 is 87.3. The second-order valence-corrected chi connectivity index (χ2v) is 14.3. The first-order valence-electron chi connectivity index (χ1n) is 15.8. The standard InChI is InChI=1S/C32H34ClF5N6O2/c1-43-26-21-25(41-28(42-26)45-16-30-7-4-10-44(30)14-17(34)13-30)23(35)24(19-11-18(39)12-20(33)22(19)32(36,37)38)40-27(21)46-31(8-3-9-31)15-29(43)5-2-6-29/h11-12,17H,2-10,13-16,39H2,1H3/t17-,30+/m1/s1. The lowest BCUT2D eigenvalue weighted by Crippen LogP contribution is -2.60. The molecule has 0 unspecified atom stereocenters. The van der Waals surface area contributed by atoms with E-state index in [0.717, 1.165) is 70.0 Å². The van der Waals surface area contributed by atoms with Crippen LogP contribution >= 0.6 is 11.6 Å². The van der Waals surface area contributed by atoms with E-state index in [0.29, 0.717) is 25.2 Å². The van der Waals surface area contributed by atoms with Crippen LogP contribution in [0.25, 0.3) is 22.2 Å². The van der Waals surface area contributed by atoms with Crippen molar-refractivity contribution in [1.82, 2.24) is 19.9 Å². The van der Waals surface area contributed by atoms with E-state index in [9.17, 15) is 17.6 Å². The second kappa shape index (κ2) is 10.2. The number of ether oxygens (including phenoxy) is 2. The van der Waals surface area contributed by atoms with Crippen molar-refractivity contribution in [1.29, 1.82) is 0 Å². The number of benzene rings is 1. The summed E-state index contributed by atoms with van der Waals surface area (Å²) >= 11 is 6.07. The van der Waals surface area contributed by atoms with E-state index in [1.54, 1.807) is 0 Å². The van der Waals surface area contributed by atoms with E-state index in [2.05, 4.69) is 14.9 Å². The molecule has 46 heavy (non-hydrogen) atoms. The average molecular weight is 665 g/mol. The molecule has 8 nitrogen and oxygen atoms in total. The number of pyridine rings is 1. The Morgan fingerprint density at radius 3 is 2.52 bits per heavy atom. The maximum atomic E-state index is 16.8. The molecule has 2 saturated carbocycles. The van der Waals surface area contributed by atoms with Crippen LogP contribution in [0.1, 0.15) is 69.8 Å². The third-order valence-corrected chi connectivity index (χ3v) is 11.4. The summed E-state index contributed by atoms with van der Waals surface area (Å²) in [5.41, 5.74) is 1.63. The van der Waals surface area contributed by atoms with Crippen molar-refractivity contribution < 1.29 is 31.4 Å². The van der Waals surface area contributed by atoms with Crippen molar-refractivity contribution in [3.05, 3.63) is 28.5 Å². The topological polar surface area (TPSA) is 89.6 Å². The highest BCUT2D eigenvalue weighted by Crippen LogP contribution is 2.55. The summed E-state index contributed by atoms with van der Waals surface area (Å²) in [6.07, 6.45) is 1.89. The third kappa shape index (κ3) is 4.51. The number of halogens is 6. The number of fused-ring (bicyclic) bond motifs is 1. The van der Waals surface area contributed by atoms with Gasteiger partial charge in [0.05, 0.1) is 16.1 Å². The summed E-state index contributed by atoms with van der Waals surface area (Å²) in [6.45, 7) is 1.19. The van der Waals surface area contributed by atoms with E-state index in [1.807, 2.05) is 11.9 Å². The molecule has 4 fully saturated rings. The predicted molar refractivity (Wildman–Crippen MR) is 163 cm³/mol. The highest BCUT2D eigenvalue weighted by atomic mass is 35.5. The molecular formula is C32H34ClF5N6O2. The van der Waals surface area contributed by atoms with E-state index in [4.69, 9.17) is 31.8 Å². The lowest BCUT2D eigenvalue weighted by Gasteiger charge is -2.56. The molecular weight excluding hydrogens is 631 g/mol. The number of nitrogens with two attached hydrogens (primary N) is 1. The molecule has 0 bridgehead atoms. The number of aromatic nitrogens is 3. The fourth-order valence-corrected chi connectivity index (χ4v) is 8.88. The fraction of sp³-hybridized carbons (Fsp3) is 0.594. The van der Waals surface area contributed by atoms with Crippen molar-refractivity contribution in [2.45, 2.75) is 93.2 Å². The Kier molecular flexibility index (Phi) is 6.66. The molecule has 2 aliphatic carbocycles. The number of hydrogen-bond donors (Lipinski definition) is 1. The number of nitrogen functional groups attached to an aromatic ring is 1. The van der Waals surface area contributed by atoms with Crippen molar-refractivity contribution in [3.63, 3.8) is 0 Å². The van der Waals surface area contributed by atoms with Gasteiger partial charge >= 0.3 is 12.2 Å². The van der Waals surface area contributed by atoms with Gasteiger partial charge in [-0.15, -0.1) is 0 Å². The highest BCUT2D eigenvalue weighted by Gasteiger charge is 2.54. The van der Waals surface area contributed by atoms with E-state index in [1.165, 1.54) is 0 Å². The molecule has 2 aromatic heterocycles. The number of hydrogen-bond acceptors (Lipinski definition) is 8. The molecule has 2 atom stereocenters. The molecule has 2 N–H and O–H groups in total. The fourth-order valence-electron chi connectivity index (χ4n) is 8.54. The van der Waals surface area contributed by atoms with E-state index < -0.39 is 51.1 Å². The first-order valence-corrected chi connectivity index (χ1v) is 16.2. The van der Waals surface area contributed by atoms with E-state index in [-0.39, 0.29) is 40.6 Å². The zero-order valence-corrected chi connectivity index (χ0v) is 26.1. The minimum absolute atomic E-state index is 0.0445. The Bertz CT molecular complexity index is 1750. The molecule has 1 aromatic carbocycles. The molecule has 2 saturated heterocycles. The first-order chi connectivity index (χ1) is 21.8. The largest absolute Gasteiger partial charge is 0.470 e. The normalized spacial score (nSPS) is 26.4. The molecule has 14 heteroatoms. The Morgan fingerprint density at radius 2 is 1.85 bits per heavy atom. The van der Waals surface area contributed by atoms with Gasteiger partial charge < -0.3 is 20.1 Å². The Balaban J connectivity index is 1.34. The number of anilines is 2. The van der Waals surface area contributed by atoms with Gasteiger partial charge in [0.2, 0.25) is 5.88 Å². The monoisotopic (exact) mass is 664 g/mol. The van der Waals surface area contributed by atoms with Gasteiger partial charge in [-0.05, 0) is 70.0 Å². The summed E-state index contributed by atoms with van der Waals surface area (Å²) in [6, 6.07) is 1.84. The van der Waals surface area contributed by atoms with Crippen LogP contribution < -0.4 is 20.1 Å². The molecule has 3 aromatic rings. The van der Waals surface area contributed by atoms with Crippen LogP contribution in [-0.2, 0) is 6.18 Å². The van der Waals surface area contributed by atoms with Crippen LogP contribution in [0.3, 0.4) is 0 Å². The van der Waals surface area contributed by atoms with Crippen LogP contribution in [0, 0.1) is 5.82 Å². The maximum Gasteiger partial charge on any atom is 0.418 e. The van der Waals surface area contributed by atoms with Gasteiger partial charge in [-0.2, -0.15) is 23.1 Å². The van der Waals surface area contributed by atoms with Crippen molar-refractivity contribution >= 4 is 34.0 Å². The second-order valence-electron chi connectivity index (χ2n) is 13.9. The number of alkyl halides is 4. The molecule has 0 radical (unpaired) electrons. The van der Waals surface area contributed by atoms with Crippen LogP contribution in [0.5, 0.6) is 11.9 Å². The van der Waals surface area contributed by atoms with Crippen LogP contribution in [0.15, 0.2) is 12.1 Å². The Hall–Kier alpha value is -3.19. The zero-order chi connectivity index (χ0) is 32.2. The summed E-state index contributed by atoms with van der Waals surface area (Å²) in [4.78, 5) is 17.8. The minimum atomic E-state index is -4.94. The van der Waals surface area contributed by atoms with Gasteiger partial charge in [-0.25, -0.2) is 13.8 Å². The van der Waals surface area contributed by atoms with Crippen LogP contribution in [-0.4, -0.2) is 69.4 Å². The Labute approximate surface area is 267 Å². The summed E-state index contributed by atoms with van der Waals surface area (Å²) in [5, 5.41) is -0.507. The van der Waals surface area contributed by atoms with Gasteiger partial charge in [0.15, 0.2) is 5.82 Å². The van der Waals surface area contributed by atoms with E-state index >= 15 is 4.39 Å². The van der Waals surface area contributed by atoms with Crippen molar-refractivity contribution in [2.75, 3.05) is 37.4 Å². The highest BCUT2D eigenvalue weighted by molar-refractivity contribution is 6.32. The minimum Gasteiger partial charge on any atom is -0.470 e. The first kappa shape index (κ1) is 30.2. The average Bonchev–Trinajstić information content (AvgIpc) is 3.46. The van der Waals surface area contributed by atoms with Gasteiger partial charge in [0.1, 0.15) is 40.8 Å². The SMILES string of the molecule is CN1c2nc(OC[C@@]34CCCN3C[C@H](F)C4)nc3c(F)c(-c4cc(N)cc(Cl)c4C(F)(F)F)nc(c23)OC2(CCC2)CC12CCC2. The summed E-state index contributed by atoms with van der Waals surface area (Å²) in [5.74, 6) is -0.816. The molecule has 0 amide bonds. The lowest BCUT2D eigenvalue weighted by atomic mass is 9.63. The van der Waals surface area contributed by atoms with Gasteiger partial charge in [0.25, 0.3) is 0 Å². The molecule has 2 spiro atoms. The molecule has 5 aliphatic rings.